The number of rotatable bonds is 3. The van der Waals surface area contributed by atoms with Gasteiger partial charge in [-0.3, -0.25) is 0 Å². The molecule has 4 heteroatoms. The van der Waals surface area contributed by atoms with E-state index in [0.717, 1.165) is 0 Å². The van der Waals surface area contributed by atoms with Crippen LogP contribution in [0.4, 0.5) is 0 Å². The Morgan fingerprint density at radius 2 is 2.06 bits per heavy atom. The number of carbonyl (C=O) groups is 1. The lowest BCUT2D eigenvalue weighted by Gasteiger charge is -2.04. The van der Waals surface area contributed by atoms with E-state index in [1.165, 1.54) is 0 Å². The van der Waals surface area contributed by atoms with Crippen molar-refractivity contribution in [2.45, 2.75) is 13.3 Å². The van der Waals surface area contributed by atoms with Crippen LogP contribution in [-0.4, -0.2) is 5.97 Å². The molecule has 1 aromatic rings. The maximum atomic E-state index is 11.6. The fraction of sp³-hybridized carbons (Fsp3) is 0.167. The molecule has 0 aromatic heterocycles. The molecule has 16 heavy (non-hydrogen) atoms. The summed E-state index contributed by atoms with van der Waals surface area (Å²) in [4.78, 5) is 11.6. The summed E-state index contributed by atoms with van der Waals surface area (Å²) in [6.45, 7) is 1.77. The standard InChI is InChI=1S/C12H12N2O2/c1-2-11(14)10(8-13)12(15)16-9-6-4-3-5-7-9/h3-7H,2,14H2,1H3/b11-10-. The summed E-state index contributed by atoms with van der Waals surface area (Å²) in [5.74, 6) is -0.322. The van der Waals surface area contributed by atoms with E-state index in [9.17, 15) is 4.79 Å². The zero-order valence-electron chi connectivity index (χ0n) is 8.93. The van der Waals surface area contributed by atoms with Gasteiger partial charge in [0.15, 0.2) is 5.57 Å². The molecule has 0 saturated heterocycles. The van der Waals surface area contributed by atoms with Gasteiger partial charge in [-0.15, -0.1) is 0 Å². The number of nitriles is 1. The molecule has 0 unspecified atom stereocenters. The van der Waals surface area contributed by atoms with Crippen LogP contribution in [0.5, 0.6) is 5.75 Å². The van der Waals surface area contributed by atoms with Crippen molar-refractivity contribution in [1.82, 2.24) is 0 Å². The van der Waals surface area contributed by atoms with Gasteiger partial charge in [0.2, 0.25) is 0 Å². The van der Waals surface area contributed by atoms with Gasteiger partial charge in [0.25, 0.3) is 0 Å². The summed E-state index contributed by atoms with van der Waals surface area (Å²) < 4.78 is 4.99. The zero-order valence-corrected chi connectivity index (χ0v) is 8.93. The Labute approximate surface area is 93.9 Å². The molecule has 0 aliphatic rings. The number of esters is 1. The number of nitrogens with two attached hydrogens (primary N) is 1. The van der Waals surface area contributed by atoms with Crippen LogP contribution in [0.3, 0.4) is 0 Å². The van der Waals surface area contributed by atoms with Gasteiger partial charge in [-0.25, -0.2) is 4.79 Å². The summed E-state index contributed by atoms with van der Waals surface area (Å²) in [5, 5.41) is 8.79. The Hall–Kier alpha value is -2.28. The van der Waals surface area contributed by atoms with Crippen molar-refractivity contribution in [3.05, 3.63) is 41.6 Å². The minimum Gasteiger partial charge on any atom is -0.422 e. The van der Waals surface area contributed by atoms with Crippen molar-refractivity contribution in [2.24, 2.45) is 5.73 Å². The van der Waals surface area contributed by atoms with Gasteiger partial charge in [-0.1, -0.05) is 25.1 Å². The van der Waals surface area contributed by atoms with Gasteiger partial charge >= 0.3 is 5.97 Å². The number of allylic oxidation sites excluding steroid dienone is 1. The number of ether oxygens (including phenoxy) is 1. The van der Waals surface area contributed by atoms with E-state index in [1.54, 1.807) is 43.3 Å². The average Bonchev–Trinajstić information content (AvgIpc) is 2.31. The van der Waals surface area contributed by atoms with E-state index >= 15 is 0 Å². The third kappa shape index (κ3) is 2.85. The number of hydrogen-bond donors (Lipinski definition) is 1. The molecular formula is C12H12N2O2. The van der Waals surface area contributed by atoms with Gasteiger partial charge < -0.3 is 10.5 Å². The molecule has 0 aliphatic carbocycles. The third-order valence-corrected chi connectivity index (χ3v) is 1.97. The van der Waals surface area contributed by atoms with Gasteiger partial charge in [0, 0.05) is 5.70 Å². The van der Waals surface area contributed by atoms with Crippen LogP contribution in [0, 0.1) is 11.3 Å². The van der Waals surface area contributed by atoms with Crippen molar-refractivity contribution >= 4 is 5.97 Å². The summed E-state index contributed by atoms with van der Waals surface area (Å²) in [7, 11) is 0. The first kappa shape index (κ1) is 11.8. The second kappa shape index (κ2) is 5.56. The molecule has 4 nitrogen and oxygen atoms in total. The molecule has 0 aliphatic heterocycles. The minimum absolute atomic E-state index is 0.133. The van der Waals surface area contributed by atoms with E-state index in [2.05, 4.69) is 0 Å². The Morgan fingerprint density at radius 3 is 2.56 bits per heavy atom. The number of para-hydroxylation sites is 1. The van der Waals surface area contributed by atoms with Crippen LogP contribution in [0.1, 0.15) is 13.3 Å². The number of hydrogen-bond acceptors (Lipinski definition) is 4. The van der Waals surface area contributed by atoms with Crippen molar-refractivity contribution < 1.29 is 9.53 Å². The van der Waals surface area contributed by atoms with Crippen LogP contribution >= 0.6 is 0 Å². The predicted octanol–water partition coefficient (Wildman–Crippen LogP) is 1.74. The lowest BCUT2D eigenvalue weighted by Crippen LogP contribution is -2.15. The van der Waals surface area contributed by atoms with Gasteiger partial charge in [-0.05, 0) is 18.6 Å². The summed E-state index contributed by atoms with van der Waals surface area (Å²) in [6.07, 6.45) is 0.437. The average molecular weight is 216 g/mol. The van der Waals surface area contributed by atoms with E-state index < -0.39 is 5.97 Å². The quantitative estimate of drug-likeness (QED) is 0.361. The number of carbonyl (C=O) groups excluding carboxylic acids is 1. The molecule has 82 valence electrons. The summed E-state index contributed by atoms with van der Waals surface area (Å²) in [6, 6.07) is 10.3. The molecule has 2 N–H and O–H groups in total. The third-order valence-electron chi connectivity index (χ3n) is 1.97. The molecule has 0 amide bonds. The number of benzene rings is 1. The SMILES string of the molecule is CC/C(N)=C(\C#N)C(=O)Oc1ccccc1. The lowest BCUT2D eigenvalue weighted by molar-refractivity contribution is -0.129. The van der Waals surface area contributed by atoms with Gasteiger partial charge in [0.05, 0.1) is 0 Å². The monoisotopic (exact) mass is 216 g/mol. The molecule has 0 saturated carbocycles. The molecule has 0 atom stereocenters. The molecule has 0 spiro atoms. The Kier molecular flexibility index (Phi) is 4.10. The van der Waals surface area contributed by atoms with Crippen LogP contribution < -0.4 is 10.5 Å². The summed E-state index contributed by atoms with van der Waals surface area (Å²) in [5.41, 5.74) is 5.64. The van der Waals surface area contributed by atoms with E-state index in [0.29, 0.717) is 12.2 Å². The van der Waals surface area contributed by atoms with Crippen molar-refractivity contribution in [1.29, 1.82) is 5.26 Å². The predicted molar refractivity (Wildman–Crippen MR) is 59.2 cm³/mol. The van der Waals surface area contributed by atoms with E-state index in [1.807, 2.05) is 0 Å². The maximum absolute atomic E-state index is 11.6. The smallest absolute Gasteiger partial charge is 0.356 e. The lowest BCUT2D eigenvalue weighted by atomic mass is 10.2. The number of nitrogens with zero attached hydrogens (tertiary/aromatic N) is 1. The highest BCUT2D eigenvalue weighted by Crippen LogP contribution is 2.12. The maximum Gasteiger partial charge on any atom is 0.356 e. The molecule has 0 radical (unpaired) electrons. The van der Waals surface area contributed by atoms with Crippen LogP contribution in [0.15, 0.2) is 41.6 Å². The van der Waals surface area contributed by atoms with Crippen LogP contribution in [-0.2, 0) is 4.79 Å². The van der Waals surface area contributed by atoms with Crippen LogP contribution in [0.25, 0.3) is 0 Å². The van der Waals surface area contributed by atoms with E-state index in [4.69, 9.17) is 15.7 Å². The Morgan fingerprint density at radius 1 is 1.44 bits per heavy atom. The van der Waals surface area contributed by atoms with Crippen molar-refractivity contribution in [3.8, 4) is 11.8 Å². The van der Waals surface area contributed by atoms with Crippen molar-refractivity contribution in [2.75, 3.05) is 0 Å². The topological polar surface area (TPSA) is 76.1 Å². The highest BCUT2D eigenvalue weighted by atomic mass is 16.5. The zero-order chi connectivity index (χ0) is 12.0. The van der Waals surface area contributed by atoms with Gasteiger partial charge in [-0.2, -0.15) is 5.26 Å². The van der Waals surface area contributed by atoms with Crippen molar-refractivity contribution in [3.63, 3.8) is 0 Å². The van der Waals surface area contributed by atoms with Crippen LogP contribution in [0.2, 0.25) is 0 Å². The molecular weight excluding hydrogens is 204 g/mol. The molecule has 0 heterocycles. The second-order valence-electron chi connectivity index (χ2n) is 3.07. The molecule has 0 fully saturated rings. The highest BCUT2D eigenvalue weighted by Gasteiger charge is 2.14. The first-order chi connectivity index (χ1) is 7.69. The highest BCUT2D eigenvalue weighted by molar-refractivity contribution is 5.94. The fourth-order valence-electron chi connectivity index (χ4n) is 1.07. The largest absolute Gasteiger partial charge is 0.422 e. The Balaban J connectivity index is 2.85. The Bertz CT molecular complexity index is 444. The first-order valence-corrected chi connectivity index (χ1v) is 4.85. The van der Waals surface area contributed by atoms with Gasteiger partial charge in [0.1, 0.15) is 11.8 Å². The normalized spacial score (nSPS) is 11.2. The molecule has 0 bridgehead atoms. The minimum atomic E-state index is -0.715. The van der Waals surface area contributed by atoms with E-state index in [-0.39, 0.29) is 11.3 Å². The fourth-order valence-corrected chi connectivity index (χ4v) is 1.07. The second-order valence-corrected chi connectivity index (χ2v) is 3.07. The molecule has 1 aromatic carbocycles. The summed E-state index contributed by atoms with van der Waals surface area (Å²) >= 11 is 0. The first-order valence-electron chi connectivity index (χ1n) is 4.85. The molecule has 1 rings (SSSR count).